The number of thiophene rings is 1. The molecule has 148 valence electrons. The van der Waals surface area contributed by atoms with Gasteiger partial charge in [-0.25, -0.2) is 4.98 Å². The first-order chi connectivity index (χ1) is 13.4. The second kappa shape index (κ2) is 8.92. The summed E-state index contributed by atoms with van der Waals surface area (Å²) in [5.74, 6) is 0.193. The number of fused-ring (bicyclic) bond motifs is 1. The lowest BCUT2D eigenvalue weighted by Crippen LogP contribution is -2.33. The van der Waals surface area contributed by atoms with Gasteiger partial charge in [0, 0.05) is 10.9 Å². The van der Waals surface area contributed by atoms with Crippen LogP contribution in [0.25, 0.3) is 10.2 Å². The van der Waals surface area contributed by atoms with Gasteiger partial charge in [-0.05, 0) is 38.3 Å². The minimum absolute atomic E-state index is 0.0412. The van der Waals surface area contributed by atoms with Gasteiger partial charge in [-0.1, -0.05) is 49.0 Å². The van der Waals surface area contributed by atoms with Gasteiger partial charge in [0.2, 0.25) is 5.91 Å². The van der Waals surface area contributed by atoms with Crippen LogP contribution in [-0.4, -0.2) is 27.3 Å². The van der Waals surface area contributed by atoms with Crippen molar-refractivity contribution in [3.8, 4) is 0 Å². The molecule has 7 heteroatoms. The van der Waals surface area contributed by atoms with Crippen molar-refractivity contribution in [2.75, 3.05) is 5.75 Å². The van der Waals surface area contributed by atoms with Gasteiger partial charge >= 0.3 is 0 Å². The third-order valence-electron chi connectivity index (χ3n) is 4.79. The van der Waals surface area contributed by atoms with Crippen LogP contribution in [0.1, 0.15) is 36.3 Å². The Hall–Kier alpha value is -2.12. The molecule has 1 N–H and O–H groups in total. The van der Waals surface area contributed by atoms with Crippen LogP contribution in [0.15, 0.2) is 40.3 Å². The summed E-state index contributed by atoms with van der Waals surface area (Å²) in [6.07, 6.45) is 0.882. The minimum Gasteiger partial charge on any atom is -0.353 e. The number of aryl methyl sites for hydroxylation is 2. The van der Waals surface area contributed by atoms with Crippen molar-refractivity contribution in [3.63, 3.8) is 0 Å². The van der Waals surface area contributed by atoms with E-state index >= 15 is 0 Å². The lowest BCUT2D eigenvalue weighted by atomic mass is 10.2. The number of aromatic nitrogens is 2. The number of hydrogen-bond donors (Lipinski definition) is 1. The highest BCUT2D eigenvalue weighted by Gasteiger charge is 2.18. The molecule has 5 nitrogen and oxygen atoms in total. The Kier molecular flexibility index (Phi) is 6.57. The van der Waals surface area contributed by atoms with Gasteiger partial charge < -0.3 is 5.32 Å². The maximum atomic E-state index is 13.3. The number of nitrogens with zero attached hydrogens (tertiary/aromatic N) is 2. The van der Waals surface area contributed by atoms with E-state index in [9.17, 15) is 9.59 Å². The molecule has 0 aliphatic carbocycles. The number of carbonyl (C=O) groups is 1. The fraction of sp³-hybridized carbons (Fsp3) is 0.381. The van der Waals surface area contributed by atoms with Crippen LogP contribution in [0.5, 0.6) is 0 Å². The molecule has 28 heavy (non-hydrogen) atoms. The van der Waals surface area contributed by atoms with Crippen LogP contribution in [0.4, 0.5) is 0 Å². The van der Waals surface area contributed by atoms with Crippen LogP contribution in [-0.2, 0) is 11.3 Å². The van der Waals surface area contributed by atoms with E-state index in [0.29, 0.717) is 17.1 Å². The summed E-state index contributed by atoms with van der Waals surface area (Å²) < 4.78 is 1.69. The van der Waals surface area contributed by atoms with Gasteiger partial charge in [0.05, 0.1) is 17.7 Å². The molecule has 3 rings (SSSR count). The van der Waals surface area contributed by atoms with Gasteiger partial charge in [0.15, 0.2) is 5.16 Å². The predicted octanol–water partition coefficient (Wildman–Crippen LogP) is 4.13. The van der Waals surface area contributed by atoms with Crippen molar-refractivity contribution in [2.45, 2.75) is 51.9 Å². The first-order valence-corrected chi connectivity index (χ1v) is 11.2. The van der Waals surface area contributed by atoms with Crippen LogP contribution >= 0.6 is 23.1 Å². The van der Waals surface area contributed by atoms with Gasteiger partial charge in [0.25, 0.3) is 5.56 Å². The molecule has 0 aliphatic rings. The van der Waals surface area contributed by atoms with Crippen molar-refractivity contribution in [1.82, 2.24) is 14.9 Å². The highest BCUT2D eigenvalue weighted by atomic mass is 32.2. The Morgan fingerprint density at radius 1 is 1.29 bits per heavy atom. The van der Waals surface area contributed by atoms with Gasteiger partial charge in [0.1, 0.15) is 4.83 Å². The molecular weight excluding hydrogens is 390 g/mol. The molecule has 0 saturated carbocycles. The molecule has 0 bridgehead atoms. The summed E-state index contributed by atoms with van der Waals surface area (Å²) in [6, 6.07) is 9.99. The number of nitrogens with one attached hydrogen (secondary N) is 1. The maximum Gasteiger partial charge on any atom is 0.263 e. The smallest absolute Gasteiger partial charge is 0.263 e. The van der Waals surface area contributed by atoms with Crippen LogP contribution < -0.4 is 10.9 Å². The Morgan fingerprint density at radius 3 is 2.68 bits per heavy atom. The van der Waals surface area contributed by atoms with Crippen molar-refractivity contribution in [2.24, 2.45) is 0 Å². The molecule has 0 aliphatic heterocycles. The maximum absolute atomic E-state index is 13.3. The lowest BCUT2D eigenvalue weighted by Gasteiger charge is -2.14. The molecule has 1 aromatic carbocycles. The zero-order valence-electron chi connectivity index (χ0n) is 16.6. The first-order valence-electron chi connectivity index (χ1n) is 9.37. The number of hydrogen-bond acceptors (Lipinski definition) is 5. The highest BCUT2D eigenvalue weighted by Crippen LogP contribution is 2.28. The van der Waals surface area contributed by atoms with E-state index < -0.39 is 0 Å². The van der Waals surface area contributed by atoms with E-state index in [4.69, 9.17) is 4.98 Å². The molecule has 0 unspecified atom stereocenters. The van der Waals surface area contributed by atoms with E-state index in [2.05, 4.69) is 5.32 Å². The van der Waals surface area contributed by atoms with Gasteiger partial charge in [-0.3, -0.25) is 14.2 Å². The molecular formula is C21H25N3O2S2. The third-order valence-corrected chi connectivity index (χ3v) is 6.87. The Bertz CT molecular complexity index is 1040. The number of benzene rings is 1. The fourth-order valence-electron chi connectivity index (χ4n) is 2.87. The summed E-state index contributed by atoms with van der Waals surface area (Å²) in [7, 11) is 0. The number of thioether (sulfide) groups is 1. The summed E-state index contributed by atoms with van der Waals surface area (Å²) >= 11 is 2.85. The van der Waals surface area contributed by atoms with Crippen LogP contribution in [0.2, 0.25) is 0 Å². The molecule has 1 atom stereocenters. The molecule has 0 radical (unpaired) electrons. The second-order valence-electron chi connectivity index (χ2n) is 6.90. The van der Waals surface area contributed by atoms with Crippen molar-refractivity contribution in [3.05, 3.63) is 56.7 Å². The molecule has 3 aromatic rings. The predicted molar refractivity (Wildman–Crippen MR) is 118 cm³/mol. The van der Waals surface area contributed by atoms with Crippen molar-refractivity contribution in [1.29, 1.82) is 0 Å². The quantitative estimate of drug-likeness (QED) is 0.465. The summed E-state index contributed by atoms with van der Waals surface area (Å²) in [6.45, 7) is 8.43. The van der Waals surface area contributed by atoms with E-state index in [-0.39, 0.29) is 23.3 Å². The zero-order chi connectivity index (χ0) is 20.3. The molecule has 2 heterocycles. The largest absolute Gasteiger partial charge is 0.353 e. The summed E-state index contributed by atoms with van der Waals surface area (Å²) in [5, 5.41) is 4.23. The Labute approximate surface area is 173 Å². The average molecular weight is 416 g/mol. The third kappa shape index (κ3) is 4.47. The van der Waals surface area contributed by atoms with Crippen LogP contribution in [0, 0.1) is 13.8 Å². The Morgan fingerprint density at radius 2 is 2.00 bits per heavy atom. The second-order valence-corrected chi connectivity index (χ2v) is 9.05. The number of rotatable bonds is 7. The molecule has 0 fully saturated rings. The van der Waals surface area contributed by atoms with Gasteiger partial charge in [-0.2, -0.15) is 0 Å². The van der Waals surface area contributed by atoms with Gasteiger partial charge in [-0.15, -0.1) is 11.3 Å². The SMILES string of the molecule is CC[C@H](C)NC(=O)CSc1nc2sc(C)c(C)c2c(=O)n1Cc1ccccc1. The molecule has 2 aromatic heterocycles. The normalized spacial score (nSPS) is 12.3. The van der Waals surface area contributed by atoms with Crippen LogP contribution in [0.3, 0.4) is 0 Å². The molecule has 0 spiro atoms. The zero-order valence-corrected chi connectivity index (χ0v) is 18.2. The molecule has 0 saturated heterocycles. The topological polar surface area (TPSA) is 64.0 Å². The lowest BCUT2D eigenvalue weighted by molar-refractivity contribution is -0.119. The summed E-state index contributed by atoms with van der Waals surface area (Å²) in [5.41, 5.74) is 1.98. The van der Waals surface area contributed by atoms with Crippen molar-refractivity contribution >= 4 is 39.2 Å². The van der Waals surface area contributed by atoms with E-state index in [0.717, 1.165) is 27.3 Å². The summed E-state index contributed by atoms with van der Waals surface area (Å²) in [4.78, 5) is 32.1. The monoisotopic (exact) mass is 415 g/mol. The highest BCUT2D eigenvalue weighted by molar-refractivity contribution is 7.99. The minimum atomic E-state index is -0.0431. The number of carbonyl (C=O) groups excluding carboxylic acids is 1. The Balaban J connectivity index is 1.98. The average Bonchev–Trinajstić information content (AvgIpc) is 2.97. The van der Waals surface area contributed by atoms with E-state index in [1.807, 2.05) is 58.0 Å². The first kappa shape index (κ1) is 20.6. The fourth-order valence-corrected chi connectivity index (χ4v) is 4.75. The van der Waals surface area contributed by atoms with Crippen molar-refractivity contribution < 1.29 is 4.79 Å². The van der Waals surface area contributed by atoms with E-state index in [1.165, 1.54) is 23.1 Å². The molecule has 1 amide bonds. The standard InChI is InChI=1S/C21H25N3O2S2/c1-5-13(2)22-17(25)12-27-21-23-19-18(14(3)15(4)28-19)20(26)24(21)11-16-9-7-6-8-10-16/h6-10,13H,5,11-12H2,1-4H3,(H,22,25)/t13-/m0/s1. The number of amides is 1. The van der Waals surface area contributed by atoms with E-state index in [1.54, 1.807) is 4.57 Å².